The molecule has 0 bridgehead atoms. The monoisotopic (exact) mass is 192 g/mol. The van der Waals surface area contributed by atoms with Gasteiger partial charge in [-0.2, -0.15) is 0 Å². The van der Waals surface area contributed by atoms with E-state index >= 15 is 0 Å². The van der Waals surface area contributed by atoms with Gasteiger partial charge in [-0.15, -0.1) is 0 Å². The number of fused-ring (bicyclic) bond motifs is 1. The second-order valence-electron chi connectivity index (χ2n) is 3.31. The van der Waals surface area contributed by atoms with Crippen LogP contribution in [-0.4, -0.2) is 19.5 Å². The molecule has 1 aromatic carbocycles. The van der Waals surface area contributed by atoms with Gasteiger partial charge in [0.15, 0.2) is 17.3 Å². The molecule has 1 aliphatic heterocycles. The summed E-state index contributed by atoms with van der Waals surface area (Å²) < 4.78 is 10.6. The predicted octanol–water partition coefficient (Wildman–Crippen LogP) is 1.97. The fourth-order valence-corrected chi connectivity index (χ4v) is 1.68. The number of Topliss-reactive ketones (excluding diaryl/α,β-unsaturated/α-hetero) is 1. The largest absolute Gasteiger partial charge is 0.493 e. The first-order chi connectivity index (χ1) is 6.74. The zero-order chi connectivity index (χ0) is 10.1. The van der Waals surface area contributed by atoms with Crippen LogP contribution < -0.4 is 9.47 Å². The molecule has 3 nitrogen and oxygen atoms in total. The van der Waals surface area contributed by atoms with Crippen LogP contribution in [0.1, 0.15) is 22.3 Å². The van der Waals surface area contributed by atoms with Crippen molar-refractivity contribution in [2.24, 2.45) is 0 Å². The third-order valence-electron chi connectivity index (χ3n) is 2.40. The van der Waals surface area contributed by atoms with Crippen molar-refractivity contribution in [2.45, 2.75) is 13.3 Å². The summed E-state index contributed by atoms with van der Waals surface area (Å²) in [6.07, 6.45) is 0.459. The summed E-state index contributed by atoms with van der Waals surface area (Å²) >= 11 is 0. The number of hydrogen-bond donors (Lipinski definition) is 0. The molecule has 1 aromatic rings. The molecule has 0 atom stereocenters. The first-order valence-electron chi connectivity index (χ1n) is 4.57. The van der Waals surface area contributed by atoms with Crippen LogP contribution in [-0.2, 0) is 0 Å². The number of ketones is 1. The van der Waals surface area contributed by atoms with Crippen molar-refractivity contribution < 1.29 is 14.3 Å². The van der Waals surface area contributed by atoms with Crippen LogP contribution in [0.2, 0.25) is 0 Å². The maximum absolute atomic E-state index is 11.6. The Balaban J connectivity index is 2.63. The van der Waals surface area contributed by atoms with Gasteiger partial charge in [0, 0.05) is 6.42 Å². The lowest BCUT2D eigenvalue weighted by Crippen LogP contribution is -2.17. The molecule has 3 heteroatoms. The lowest BCUT2D eigenvalue weighted by atomic mass is 9.99. The smallest absolute Gasteiger partial charge is 0.172 e. The van der Waals surface area contributed by atoms with Crippen LogP contribution in [0.5, 0.6) is 11.5 Å². The van der Waals surface area contributed by atoms with E-state index in [4.69, 9.17) is 9.47 Å². The third-order valence-corrected chi connectivity index (χ3v) is 2.40. The molecule has 0 saturated carbocycles. The van der Waals surface area contributed by atoms with E-state index in [0.717, 1.165) is 5.56 Å². The second kappa shape index (κ2) is 3.33. The number of ether oxygens (including phenoxy) is 2. The molecule has 0 aromatic heterocycles. The lowest BCUT2D eigenvalue weighted by Gasteiger charge is -2.20. The number of benzene rings is 1. The number of aryl methyl sites for hydroxylation is 1. The Morgan fingerprint density at radius 3 is 2.93 bits per heavy atom. The van der Waals surface area contributed by atoms with Crippen LogP contribution >= 0.6 is 0 Å². The summed E-state index contributed by atoms with van der Waals surface area (Å²) in [4.78, 5) is 11.6. The molecule has 0 saturated heterocycles. The highest BCUT2D eigenvalue weighted by Crippen LogP contribution is 2.36. The van der Waals surface area contributed by atoms with E-state index in [1.165, 1.54) is 0 Å². The van der Waals surface area contributed by atoms with Gasteiger partial charge in [0.2, 0.25) is 0 Å². The summed E-state index contributed by atoms with van der Waals surface area (Å²) in [5, 5.41) is 0. The highest BCUT2D eigenvalue weighted by atomic mass is 16.5. The maximum Gasteiger partial charge on any atom is 0.172 e. The fourth-order valence-electron chi connectivity index (χ4n) is 1.68. The quantitative estimate of drug-likeness (QED) is 0.682. The van der Waals surface area contributed by atoms with Crippen LogP contribution in [0.15, 0.2) is 12.1 Å². The average molecular weight is 192 g/mol. The summed E-state index contributed by atoms with van der Waals surface area (Å²) in [6, 6.07) is 3.71. The van der Waals surface area contributed by atoms with Crippen molar-refractivity contribution in [2.75, 3.05) is 13.7 Å². The van der Waals surface area contributed by atoms with Crippen molar-refractivity contribution in [3.63, 3.8) is 0 Å². The van der Waals surface area contributed by atoms with Gasteiger partial charge < -0.3 is 9.47 Å². The molecule has 14 heavy (non-hydrogen) atoms. The van der Waals surface area contributed by atoms with Crippen LogP contribution in [0.4, 0.5) is 0 Å². The Morgan fingerprint density at radius 2 is 2.21 bits per heavy atom. The minimum atomic E-state index is 0.141. The molecule has 1 aliphatic rings. The van der Waals surface area contributed by atoms with Gasteiger partial charge in [0.25, 0.3) is 0 Å². The Bertz CT molecular complexity index is 382. The number of hydrogen-bond acceptors (Lipinski definition) is 3. The fraction of sp³-hybridized carbons (Fsp3) is 0.364. The second-order valence-corrected chi connectivity index (χ2v) is 3.31. The number of rotatable bonds is 1. The molecule has 1 heterocycles. The van der Waals surface area contributed by atoms with E-state index < -0.39 is 0 Å². The van der Waals surface area contributed by atoms with Crippen molar-refractivity contribution in [1.29, 1.82) is 0 Å². The SMILES string of the molecule is COc1ccc(C)c2c1OCCC2=O. The number of carbonyl (C=O) groups excluding carboxylic acids is 1. The van der Waals surface area contributed by atoms with Gasteiger partial charge in [-0.1, -0.05) is 6.07 Å². The van der Waals surface area contributed by atoms with Crippen molar-refractivity contribution in [1.82, 2.24) is 0 Å². The van der Waals surface area contributed by atoms with Crippen LogP contribution in [0.3, 0.4) is 0 Å². The first kappa shape index (κ1) is 9.06. The zero-order valence-electron chi connectivity index (χ0n) is 8.29. The van der Waals surface area contributed by atoms with E-state index in [-0.39, 0.29) is 5.78 Å². The van der Waals surface area contributed by atoms with E-state index in [1.54, 1.807) is 7.11 Å². The van der Waals surface area contributed by atoms with E-state index in [0.29, 0.717) is 30.1 Å². The maximum atomic E-state index is 11.6. The van der Waals surface area contributed by atoms with Gasteiger partial charge in [-0.25, -0.2) is 0 Å². The van der Waals surface area contributed by atoms with Gasteiger partial charge in [-0.3, -0.25) is 4.79 Å². The summed E-state index contributed by atoms with van der Waals surface area (Å²) in [7, 11) is 1.58. The third kappa shape index (κ3) is 1.25. The lowest BCUT2D eigenvalue weighted by molar-refractivity contribution is 0.0929. The molecule has 0 amide bonds. The van der Waals surface area contributed by atoms with E-state index in [9.17, 15) is 4.79 Å². The average Bonchev–Trinajstić information content (AvgIpc) is 2.18. The van der Waals surface area contributed by atoms with E-state index in [2.05, 4.69) is 0 Å². The minimum Gasteiger partial charge on any atom is -0.493 e. The molecular weight excluding hydrogens is 180 g/mol. The van der Waals surface area contributed by atoms with Crippen molar-refractivity contribution in [3.8, 4) is 11.5 Å². The molecular formula is C11H12O3. The summed E-state index contributed by atoms with van der Waals surface area (Å²) in [6.45, 7) is 2.36. The Kier molecular flexibility index (Phi) is 2.15. The molecule has 0 fully saturated rings. The molecule has 0 aliphatic carbocycles. The molecule has 2 rings (SSSR count). The minimum absolute atomic E-state index is 0.141. The number of methoxy groups -OCH3 is 1. The van der Waals surface area contributed by atoms with Crippen molar-refractivity contribution in [3.05, 3.63) is 23.3 Å². The normalized spacial score (nSPS) is 14.6. The predicted molar refractivity (Wildman–Crippen MR) is 52.2 cm³/mol. The Hall–Kier alpha value is -1.51. The zero-order valence-corrected chi connectivity index (χ0v) is 8.29. The standard InChI is InChI=1S/C11H12O3/c1-7-3-4-9(13-2)11-10(7)8(12)5-6-14-11/h3-4H,5-6H2,1-2H3. The van der Waals surface area contributed by atoms with Crippen molar-refractivity contribution >= 4 is 5.78 Å². The molecule has 0 unspecified atom stereocenters. The Labute approximate surface area is 82.6 Å². The van der Waals surface area contributed by atoms with Gasteiger partial charge in [0.05, 0.1) is 19.3 Å². The summed E-state index contributed by atoms with van der Waals surface area (Å²) in [5.41, 5.74) is 1.63. The topological polar surface area (TPSA) is 35.5 Å². The first-order valence-corrected chi connectivity index (χ1v) is 4.57. The molecule has 74 valence electrons. The van der Waals surface area contributed by atoms with Gasteiger partial charge in [-0.05, 0) is 18.6 Å². The molecule has 0 N–H and O–H groups in total. The van der Waals surface area contributed by atoms with E-state index in [1.807, 2.05) is 19.1 Å². The highest BCUT2D eigenvalue weighted by molar-refractivity contribution is 6.01. The molecule has 0 spiro atoms. The van der Waals surface area contributed by atoms with Gasteiger partial charge >= 0.3 is 0 Å². The Morgan fingerprint density at radius 1 is 1.43 bits per heavy atom. The van der Waals surface area contributed by atoms with Crippen LogP contribution in [0.25, 0.3) is 0 Å². The van der Waals surface area contributed by atoms with Gasteiger partial charge in [0.1, 0.15) is 0 Å². The summed E-state index contributed by atoms with van der Waals surface area (Å²) in [5.74, 6) is 1.38. The highest BCUT2D eigenvalue weighted by Gasteiger charge is 2.23. The van der Waals surface area contributed by atoms with Crippen LogP contribution in [0, 0.1) is 6.92 Å². The number of carbonyl (C=O) groups is 1. The molecule has 0 radical (unpaired) electrons.